The highest BCUT2D eigenvalue weighted by Crippen LogP contribution is 2.47. The summed E-state index contributed by atoms with van der Waals surface area (Å²) in [7, 11) is 0. The molecule has 1 aliphatic heterocycles. The molecule has 5 nitrogen and oxygen atoms in total. The molecule has 2 heterocycles. The number of ketones is 1. The average molecular weight is 416 g/mol. The summed E-state index contributed by atoms with van der Waals surface area (Å²) in [5.74, 6) is -0.687. The fraction of sp³-hybridized carbons (Fsp3) is 0.200. The van der Waals surface area contributed by atoms with Gasteiger partial charge in [0.25, 0.3) is 5.91 Å². The molecule has 1 aliphatic carbocycles. The Kier molecular flexibility index (Phi) is 4.70. The van der Waals surface area contributed by atoms with Crippen molar-refractivity contribution < 1.29 is 18.4 Å². The zero-order valence-corrected chi connectivity index (χ0v) is 16.9. The third kappa shape index (κ3) is 3.34. The Hall–Kier alpha value is -3.67. The van der Waals surface area contributed by atoms with Crippen LogP contribution in [0, 0.1) is 17.7 Å². The van der Waals surface area contributed by atoms with Crippen molar-refractivity contribution in [2.45, 2.75) is 19.4 Å². The fourth-order valence-corrected chi connectivity index (χ4v) is 4.51. The number of anilines is 2. The SMILES string of the molecule is C[C@@H]1C=C2Nc3ccccc3N(C(=O)c3ccc(F)cc3)[C@@H](c3ccco3)[C@H]2C(=O)C1. The zero-order valence-electron chi connectivity index (χ0n) is 16.9. The molecule has 0 bridgehead atoms. The lowest BCUT2D eigenvalue weighted by molar-refractivity contribution is -0.123. The number of nitrogens with one attached hydrogen (secondary N) is 1. The molecule has 1 N–H and O–H groups in total. The number of carbonyl (C=O) groups excluding carboxylic acids is 2. The van der Waals surface area contributed by atoms with Crippen molar-refractivity contribution in [3.05, 3.63) is 95.8 Å². The molecule has 1 amide bonds. The Labute approximate surface area is 179 Å². The molecule has 0 spiro atoms. The number of amides is 1. The Morgan fingerprint density at radius 2 is 1.87 bits per heavy atom. The second kappa shape index (κ2) is 7.54. The van der Waals surface area contributed by atoms with Crippen molar-refractivity contribution in [2.75, 3.05) is 10.2 Å². The summed E-state index contributed by atoms with van der Waals surface area (Å²) in [6.45, 7) is 2.00. The van der Waals surface area contributed by atoms with E-state index in [-0.39, 0.29) is 17.6 Å². The lowest BCUT2D eigenvalue weighted by Crippen LogP contribution is -2.42. The number of hydrogen-bond acceptors (Lipinski definition) is 4. The standard InChI is InChI=1S/C25H21FN2O3/c1-15-13-19-23(21(29)14-15)24(22-7-4-12-31-22)28(20-6-3-2-5-18(20)27-19)25(30)16-8-10-17(26)11-9-16/h2-13,15,23-24,27H,14H2,1H3/t15-,23-,24+/m1/s1. The summed E-state index contributed by atoms with van der Waals surface area (Å²) in [4.78, 5) is 28.7. The van der Waals surface area contributed by atoms with Crippen LogP contribution in [0.1, 0.15) is 35.5 Å². The highest BCUT2D eigenvalue weighted by atomic mass is 19.1. The molecule has 0 fully saturated rings. The molecule has 2 aliphatic rings. The van der Waals surface area contributed by atoms with Crippen LogP contribution in [0.2, 0.25) is 0 Å². The van der Waals surface area contributed by atoms with E-state index in [1.807, 2.05) is 31.2 Å². The molecule has 2 aromatic carbocycles. The molecule has 0 unspecified atom stereocenters. The van der Waals surface area contributed by atoms with Crippen LogP contribution in [-0.4, -0.2) is 11.7 Å². The van der Waals surface area contributed by atoms with Crippen molar-refractivity contribution in [1.82, 2.24) is 0 Å². The molecule has 3 aromatic rings. The van der Waals surface area contributed by atoms with Gasteiger partial charge in [0.1, 0.15) is 23.4 Å². The van der Waals surface area contributed by atoms with Crippen LogP contribution in [0.5, 0.6) is 0 Å². The Morgan fingerprint density at radius 1 is 1.10 bits per heavy atom. The number of benzene rings is 2. The summed E-state index contributed by atoms with van der Waals surface area (Å²) >= 11 is 0. The fourth-order valence-electron chi connectivity index (χ4n) is 4.51. The van der Waals surface area contributed by atoms with E-state index in [9.17, 15) is 14.0 Å². The Bertz CT molecular complexity index is 1170. The summed E-state index contributed by atoms with van der Waals surface area (Å²) in [6, 6.07) is 15.7. The number of para-hydroxylation sites is 2. The lowest BCUT2D eigenvalue weighted by Gasteiger charge is -2.35. The second-order valence-corrected chi connectivity index (χ2v) is 8.03. The Morgan fingerprint density at radius 3 is 2.61 bits per heavy atom. The third-order valence-corrected chi connectivity index (χ3v) is 5.85. The van der Waals surface area contributed by atoms with E-state index in [4.69, 9.17) is 4.42 Å². The van der Waals surface area contributed by atoms with E-state index in [2.05, 4.69) is 11.4 Å². The van der Waals surface area contributed by atoms with Crippen molar-refractivity contribution in [2.24, 2.45) is 11.8 Å². The average Bonchev–Trinajstić information content (AvgIpc) is 3.23. The lowest BCUT2D eigenvalue weighted by atomic mass is 9.79. The summed E-state index contributed by atoms with van der Waals surface area (Å²) in [5, 5.41) is 3.40. The van der Waals surface area contributed by atoms with E-state index in [0.717, 1.165) is 11.4 Å². The smallest absolute Gasteiger partial charge is 0.259 e. The van der Waals surface area contributed by atoms with Gasteiger partial charge in [0, 0.05) is 17.7 Å². The molecule has 6 heteroatoms. The van der Waals surface area contributed by atoms with Crippen molar-refractivity contribution in [1.29, 1.82) is 0 Å². The molecular weight excluding hydrogens is 395 g/mol. The number of halogens is 1. The van der Waals surface area contributed by atoms with Gasteiger partial charge in [-0.3, -0.25) is 14.5 Å². The molecule has 5 rings (SSSR count). The van der Waals surface area contributed by atoms with E-state index in [0.29, 0.717) is 23.4 Å². The first-order chi connectivity index (χ1) is 15.0. The molecule has 156 valence electrons. The van der Waals surface area contributed by atoms with Crippen LogP contribution < -0.4 is 10.2 Å². The number of allylic oxidation sites excluding steroid dienone is 1. The minimum absolute atomic E-state index is 0.0450. The number of hydrogen-bond donors (Lipinski definition) is 1. The summed E-state index contributed by atoms with van der Waals surface area (Å²) < 4.78 is 19.2. The first kappa shape index (κ1) is 19.3. The van der Waals surface area contributed by atoms with Gasteiger partial charge >= 0.3 is 0 Å². The van der Waals surface area contributed by atoms with E-state index in [1.165, 1.54) is 24.3 Å². The number of carbonyl (C=O) groups is 2. The van der Waals surface area contributed by atoms with Gasteiger partial charge in [0.05, 0.1) is 23.6 Å². The van der Waals surface area contributed by atoms with Crippen LogP contribution in [0.3, 0.4) is 0 Å². The molecule has 0 radical (unpaired) electrons. The molecule has 0 saturated heterocycles. The van der Waals surface area contributed by atoms with Crippen molar-refractivity contribution in [3.8, 4) is 0 Å². The number of Topliss-reactive ketones (excluding diaryl/α,β-unsaturated/α-hetero) is 1. The highest BCUT2D eigenvalue weighted by molar-refractivity contribution is 6.09. The molecular formula is C25H21FN2O3. The van der Waals surface area contributed by atoms with E-state index < -0.39 is 17.8 Å². The molecule has 31 heavy (non-hydrogen) atoms. The van der Waals surface area contributed by atoms with E-state index in [1.54, 1.807) is 23.3 Å². The number of furan rings is 1. The van der Waals surface area contributed by atoms with Gasteiger partial charge < -0.3 is 9.73 Å². The van der Waals surface area contributed by atoms with Crippen molar-refractivity contribution >= 4 is 23.1 Å². The number of fused-ring (bicyclic) bond motifs is 2. The van der Waals surface area contributed by atoms with Gasteiger partial charge in [0.2, 0.25) is 0 Å². The monoisotopic (exact) mass is 416 g/mol. The Balaban J connectivity index is 1.74. The predicted molar refractivity (Wildman–Crippen MR) is 115 cm³/mol. The van der Waals surface area contributed by atoms with Gasteiger partial charge in [-0.15, -0.1) is 0 Å². The van der Waals surface area contributed by atoms with E-state index >= 15 is 0 Å². The number of rotatable bonds is 2. The topological polar surface area (TPSA) is 62.6 Å². The van der Waals surface area contributed by atoms with Crippen LogP contribution in [-0.2, 0) is 4.79 Å². The van der Waals surface area contributed by atoms with Gasteiger partial charge in [-0.2, -0.15) is 0 Å². The summed E-state index contributed by atoms with van der Waals surface area (Å²) in [5.41, 5.74) is 2.46. The summed E-state index contributed by atoms with van der Waals surface area (Å²) in [6.07, 6.45) is 3.99. The van der Waals surface area contributed by atoms with Crippen LogP contribution >= 0.6 is 0 Å². The first-order valence-electron chi connectivity index (χ1n) is 10.3. The minimum Gasteiger partial charge on any atom is -0.467 e. The maximum Gasteiger partial charge on any atom is 0.259 e. The second-order valence-electron chi connectivity index (χ2n) is 8.03. The van der Waals surface area contributed by atoms with Crippen molar-refractivity contribution in [3.63, 3.8) is 0 Å². The van der Waals surface area contributed by atoms with Gasteiger partial charge in [-0.05, 0) is 54.4 Å². The number of nitrogens with zero attached hydrogens (tertiary/aromatic N) is 1. The van der Waals surface area contributed by atoms with Gasteiger partial charge in [-0.25, -0.2) is 4.39 Å². The normalized spacial score (nSPS) is 22.6. The van der Waals surface area contributed by atoms with Crippen LogP contribution in [0.25, 0.3) is 0 Å². The molecule has 3 atom stereocenters. The van der Waals surface area contributed by atoms with Crippen LogP contribution in [0.4, 0.5) is 15.8 Å². The largest absolute Gasteiger partial charge is 0.467 e. The third-order valence-electron chi connectivity index (χ3n) is 5.85. The van der Waals surface area contributed by atoms with Gasteiger partial charge in [0.15, 0.2) is 0 Å². The molecule has 1 aromatic heterocycles. The predicted octanol–water partition coefficient (Wildman–Crippen LogP) is 5.34. The van der Waals surface area contributed by atoms with Crippen LogP contribution in [0.15, 0.2) is 83.1 Å². The minimum atomic E-state index is -0.671. The zero-order chi connectivity index (χ0) is 21.5. The van der Waals surface area contributed by atoms with Gasteiger partial charge in [-0.1, -0.05) is 25.1 Å². The quantitative estimate of drug-likeness (QED) is 0.612. The maximum atomic E-state index is 13.8. The maximum absolute atomic E-state index is 13.8. The highest BCUT2D eigenvalue weighted by Gasteiger charge is 2.45. The first-order valence-corrected chi connectivity index (χ1v) is 10.3. The molecule has 0 saturated carbocycles.